The molecule has 3 aromatic rings. The first-order valence-corrected chi connectivity index (χ1v) is 9.27. The van der Waals surface area contributed by atoms with Crippen molar-refractivity contribution >= 4 is 29.1 Å². The maximum atomic E-state index is 13.0. The van der Waals surface area contributed by atoms with Gasteiger partial charge in [0.05, 0.1) is 11.6 Å². The number of carbonyl (C=O) groups excluding carboxylic acids is 1. The van der Waals surface area contributed by atoms with Gasteiger partial charge in [-0.2, -0.15) is 9.67 Å². The zero-order chi connectivity index (χ0) is 19.6. The monoisotopic (exact) mass is 403 g/mol. The van der Waals surface area contributed by atoms with Gasteiger partial charge < -0.3 is 4.74 Å². The molecule has 1 heterocycles. The number of aromatic nitrogens is 3. The first kappa shape index (κ1) is 19.4. The van der Waals surface area contributed by atoms with Crippen molar-refractivity contribution in [2.75, 3.05) is 6.61 Å². The first-order chi connectivity index (χ1) is 12.8. The lowest BCUT2D eigenvalue weighted by atomic mass is 10.1. The van der Waals surface area contributed by atoms with E-state index in [4.69, 9.17) is 27.9 Å². The van der Waals surface area contributed by atoms with Crippen LogP contribution in [0.5, 0.6) is 6.01 Å². The fraction of sp³-hybridized carbons (Fsp3) is 0.250. The van der Waals surface area contributed by atoms with Crippen LogP contribution in [0.3, 0.4) is 0 Å². The zero-order valence-electron chi connectivity index (χ0n) is 15.2. The summed E-state index contributed by atoms with van der Waals surface area (Å²) in [6.07, 6.45) is 0. The molecular formula is C20H19Cl2N3O2. The summed E-state index contributed by atoms with van der Waals surface area (Å²) in [6.45, 7) is 6.44. The van der Waals surface area contributed by atoms with Gasteiger partial charge in [0.15, 0.2) is 5.82 Å². The van der Waals surface area contributed by atoms with Crippen molar-refractivity contribution in [3.05, 3.63) is 63.6 Å². The highest BCUT2D eigenvalue weighted by atomic mass is 35.5. The number of nitrogens with zero attached hydrogens (tertiary/aromatic N) is 3. The van der Waals surface area contributed by atoms with Crippen molar-refractivity contribution in [3.63, 3.8) is 0 Å². The van der Waals surface area contributed by atoms with Crippen molar-refractivity contribution in [1.82, 2.24) is 14.8 Å². The van der Waals surface area contributed by atoms with Crippen LogP contribution in [0.4, 0.5) is 0 Å². The van der Waals surface area contributed by atoms with Crippen LogP contribution in [-0.2, 0) is 0 Å². The van der Waals surface area contributed by atoms with Gasteiger partial charge in [0.25, 0.3) is 5.91 Å². The largest absolute Gasteiger partial charge is 0.462 e. The Labute approximate surface area is 167 Å². The van der Waals surface area contributed by atoms with E-state index in [2.05, 4.69) is 10.1 Å². The molecular weight excluding hydrogens is 385 g/mol. The van der Waals surface area contributed by atoms with Crippen molar-refractivity contribution in [2.45, 2.75) is 20.8 Å². The van der Waals surface area contributed by atoms with E-state index < -0.39 is 0 Å². The lowest BCUT2D eigenvalue weighted by molar-refractivity contribution is 0.0944. The van der Waals surface area contributed by atoms with Gasteiger partial charge >= 0.3 is 6.01 Å². The average Bonchev–Trinajstić information content (AvgIpc) is 3.04. The lowest BCUT2D eigenvalue weighted by Crippen LogP contribution is -2.15. The number of aryl methyl sites for hydroxylation is 1. The fourth-order valence-corrected chi connectivity index (χ4v) is 2.89. The highest BCUT2D eigenvalue weighted by Gasteiger charge is 2.22. The number of hydrogen-bond donors (Lipinski definition) is 0. The molecule has 0 aliphatic heterocycles. The van der Waals surface area contributed by atoms with Crippen LogP contribution in [0.1, 0.15) is 29.8 Å². The van der Waals surface area contributed by atoms with Crippen LogP contribution < -0.4 is 4.74 Å². The summed E-state index contributed by atoms with van der Waals surface area (Å²) in [5.41, 5.74) is 2.10. The van der Waals surface area contributed by atoms with E-state index in [1.165, 1.54) is 4.68 Å². The first-order valence-electron chi connectivity index (χ1n) is 8.52. The zero-order valence-corrected chi connectivity index (χ0v) is 16.8. The molecule has 0 atom stereocenters. The van der Waals surface area contributed by atoms with Crippen LogP contribution >= 0.6 is 23.2 Å². The molecule has 140 valence electrons. The van der Waals surface area contributed by atoms with Gasteiger partial charge in [0.2, 0.25) is 0 Å². The van der Waals surface area contributed by atoms with Crippen LogP contribution in [0.25, 0.3) is 11.4 Å². The Morgan fingerprint density at radius 1 is 1.15 bits per heavy atom. The summed E-state index contributed by atoms with van der Waals surface area (Å²) in [7, 11) is 0. The summed E-state index contributed by atoms with van der Waals surface area (Å²) in [4.78, 5) is 17.4. The van der Waals surface area contributed by atoms with Gasteiger partial charge in [0, 0.05) is 16.1 Å². The molecule has 7 heteroatoms. The normalized spacial score (nSPS) is 11.0. The Balaban J connectivity index is 2.07. The molecule has 0 saturated heterocycles. The highest BCUT2D eigenvalue weighted by molar-refractivity contribution is 6.36. The summed E-state index contributed by atoms with van der Waals surface area (Å²) in [6, 6.07) is 12.4. The third-order valence-electron chi connectivity index (χ3n) is 3.80. The number of rotatable bonds is 5. The summed E-state index contributed by atoms with van der Waals surface area (Å²) in [5, 5.41) is 5.14. The molecule has 0 fully saturated rings. The molecule has 0 unspecified atom stereocenters. The van der Waals surface area contributed by atoms with Crippen LogP contribution in [0.2, 0.25) is 10.0 Å². The van der Waals surface area contributed by atoms with Gasteiger partial charge in [-0.05, 0) is 43.2 Å². The predicted octanol–water partition coefficient (Wildman–Crippen LogP) is 5.28. The minimum Gasteiger partial charge on any atom is -0.462 e. The molecule has 0 spiro atoms. The van der Waals surface area contributed by atoms with Crippen LogP contribution in [0.15, 0.2) is 42.5 Å². The number of halogens is 2. The lowest BCUT2D eigenvalue weighted by Gasteiger charge is -2.07. The van der Waals surface area contributed by atoms with E-state index in [1.54, 1.807) is 30.3 Å². The van der Waals surface area contributed by atoms with E-state index in [1.807, 2.05) is 32.9 Å². The molecule has 0 aliphatic rings. The van der Waals surface area contributed by atoms with Gasteiger partial charge in [-0.1, -0.05) is 54.7 Å². The SMILES string of the molecule is Cc1ccc(C(=O)n2nc(OCC(C)C)nc2-c2ccc(Cl)cc2Cl)cc1. The van der Waals surface area contributed by atoms with Crippen molar-refractivity contribution in [2.24, 2.45) is 5.92 Å². The van der Waals surface area contributed by atoms with Crippen LogP contribution in [-0.4, -0.2) is 27.3 Å². The van der Waals surface area contributed by atoms with E-state index in [-0.39, 0.29) is 11.9 Å². The van der Waals surface area contributed by atoms with E-state index in [0.717, 1.165) is 5.56 Å². The molecule has 27 heavy (non-hydrogen) atoms. The average molecular weight is 404 g/mol. The van der Waals surface area contributed by atoms with Gasteiger partial charge in [0.1, 0.15) is 0 Å². The molecule has 2 aromatic carbocycles. The molecule has 0 bridgehead atoms. The fourth-order valence-electron chi connectivity index (χ4n) is 2.40. The van der Waals surface area contributed by atoms with Crippen molar-refractivity contribution < 1.29 is 9.53 Å². The molecule has 0 N–H and O–H groups in total. The smallest absolute Gasteiger partial charge is 0.336 e. The molecule has 1 aromatic heterocycles. The number of ether oxygens (including phenoxy) is 1. The minimum absolute atomic E-state index is 0.130. The van der Waals surface area contributed by atoms with Gasteiger partial charge in [-0.25, -0.2) is 0 Å². The topological polar surface area (TPSA) is 57.0 Å². The maximum absolute atomic E-state index is 13.0. The number of hydrogen-bond acceptors (Lipinski definition) is 4. The second-order valence-electron chi connectivity index (χ2n) is 6.63. The third-order valence-corrected chi connectivity index (χ3v) is 4.34. The van der Waals surface area contributed by atoms with Crippen molar-refractivity contribution in [3.8, 4) is 17.4 Å². The Kier molecular flexibility index (Phi) is 5.82. The second-order valence-corrected chi connectivity index (χ2v) is 7.47. The Morgan fingerprint density at radius 2 is 1.85 bits per heavy atom. The Bertz CT molecular complexity index is 966. The summed E-state index contributed by atoms with van der Waals surface area (Å²) >= 11 is 12.3. The standard InChI is InChI=1S/C20H19Cl2N3O2/c1-12(2)11-27-20-23-18(16-9-8-15(21)10-17(16)22)25(24-20)19(26)14-6-4-13(3)5-7-14/h4-10,12H,11H2,1-3H3. The van der Waals surface area contributed by atoms with E-state index >= 15 is 0 Å². The highest BCUT2D eigenvalue weighted by Crippen LogP contribution is 2.30. The van der Waals surface area contributed by atoms with Gasteiger partial charge in [-0.15, -0.1) is 5.10 Å². The minimum atomic E-state index is -0.317. The molecule has 0 saturated carbocycles. The number of carbonyl (C=O) groups is 1. The summed E-state index contributed by atoms with van der Waals surface area (Å²) < 4.78 is 6.83. The number of benzene rings is 2. The molecule has 0 amide bonds. The second kappa shape index (κ2) is 8.11. The third kappa shape index (κ3) is 4.49. The Hall–Kier alpha value is -2.37. The predicted molar refractivity (Wildman–Crippen MR) is 107 cm³/mol. The quantitative estimate of drug-likeness (QED) is 0.580. The summed E-state index contributed by atoms with van der Waals surface area (Å²) in [5.74, 6) is 0.288. The molecule has 5 nitrogen and oxygen atoms in total. The van der Waals surface area contributed by atoms with Crippen molar-refractivity contribution in [1.29, 1.82) is 0 Å². The maximum Gasteiger partial charge on any atom is 0.336 e. The van der Waals surface area contributed by atoms with E-state index in [0.29, 0.717) is 39.5 Å². The Morgan fingerprint density at radius 3 is 2.48 bits per heavy atom. The molecule has 0 aliphatic carbocycles. The van der Waals surface area contributed by atoms with Crippen LogP contribution in [0, 0.1) is 12.8 Å². The van der Waals surface area contributed by atoms with E-state index in [9.17, 15) is 4.79 Å². The molecule has 3 rings (SSSR count). The molecule has 0 radical (unpaired) electrons. The van der Waals surface area contributed by atoms with Gasteiger partial charge in [-0.3, -0.25) is 4.79 Å².